The summed E-state index contributed by atoms with van der Waals surface area (Å²) in [5.41, 5.74) is 3.32. The molecule has 0 saturated carbocycles. The van der Waals surface area contributed by atoms with Crippen molar-refractivity contribution in [1.82, 2.24) is 25.5 Å². The van der Waals surface area contributed by atoms with Gasteiger partial charge in [0.25, 0.3) is 0 Å². The lowest BCUT2D eigenvalue weighted by Crippen LogP contribution is -2.47. The lowest BCUT2D eigenvalue weighted by molar-refractivity contribution is -0.153. The van der Waals surface area contributed by atoms with Crippen molar-refractivity contribution in [3.05, 3.63) is 54.1 Å². The van der Waals surface area contributed by atoms with Gasteiger partial charge >= 0.3 is 5.97 Å². The van der Waals surface area contributed by atoms with E-state index < -0.39 is 12.0 Å². The third-order valence-corrected chi connectivity index (χ3v) is 5.35. The van der Waals surface area contributed by atoms with E-state index in [9.17, 15) is 19.5 Å². The molecule has 0 aliphatic rings. The molecule has 3 rings (SSSR count). The molecular weight excluding hydrogens is 422 g/mol. The van der Waals surface area contributed by atoms with Crippen LogP contribution in [0.15, 0.2) is 48.5 Å². The zero-order valence-electron chi connectivity index (χ0n) is 18.9. The lowest BCUT2D eigenvalue weighted by atomic mass is 9.96. The molecule has 0 bridgehead atoms. The Morgan fingerprint density at radius 1 is 1.03 bits per heavy atom. The Labute approximate surface area is 191 Å². The summed E-state index contributed by atoms with van der Waals surface area (Å²) in [6.07, 6.45) is 0.0362. The Morgan fingerprint density at radius 3 is 2.33 bits per heavy atom. The summed E-state index contributed by atoms with van der Waals surface area (Å²) in [7, 11) is 0. The number of ketones is 1. The molecule has 2 aromatic carbocycles. The Kier molecular flexibility index (Phi) is 7.66. The molecule has 0 radical (unpaired) electrons. The maximum absolute atomic E-state index is 13.0. The summed E-state index contributed by atoms with van der Waals surface area (Å²) in [5, 5.41) is 24.0. The summed E-state index contributed by atoms with van der Waals surface area (Å²) in [4.78, 5) is 37.7. The number of aliphatic carboxylic acids is 1. The van der Waals surface area contributed by atoms with Crippen LogP contribution in [0.25, 0.3) is 22.5 Å². The van der Waals surface area contributed by atoms with Gasteiger partial charge in [0.2, 0.25) is 5.91 Å². The number of hydrogen-bond donors (Lipinski definition) is 2. The highest BCUT2D eigenvalue weighted by Gasteiger charge is 2.32. The molecule has 0 aliphatic carbocycles. The maximum Gasteiger partial charge on any atom is 0.326 e. The number of Topliss-reactive ketones (excluding diaryl/α,β-unsaturated/α-hetero) is 1. The fourth-order valence-electron chi connectivity index (χ4n) is 3.77. The molecule has 0 spiro atoms. The van der Waals surface area contributed by atoms with Crippen molar-refractivity contribution in [3.8, 4) is 22.5 Å². The van der Waals surface area contributed by atoms with Crippen molar-refractivity contribution < 1.29 is 19.5 Å². The van der Waals surface area contributed by atoms with Crippen LogP contribution in [0.2, 0.25) is 0 Å². The van der Waals surface area contributed by atoms with E-state index >= 15 is 0 Å². The molecule has 9 heteroatoms. The zero-order valence-corrected chi connectivity index (χ0v) is 18.9. The van der Waals surface area contributed by atoms with Gasteiger partial charge in [-0.3, -0.25) is 4.79 Å². The second kappa shape index (κ2) is 10.6. The van der Waals surface area contributed by atoms with Crippen LogP contribution in [0, 0.1) is 5.92 Å². The van der Waals surface area contributed by atoms with Gasteiger partial charge in [0.05, 0.1) is 0 Å². The number of aromatic amines is 1. The summed E-state index contributed by atoms with van der Waals surface area (Å²) in [6.45, 7) is 5.01. The third-order valence-electron chi connectivity index (χ3n) is 5.35. The van der Waals surface area contributed by atoms with E-state index in [1.165, 1.54) is 11.8 Å². The van der Waals surface area contributed by atoms with Gasteiger partial charge in [0, 0.05) is 24.9 Å². The summed E-state index contributed by atoms with van der Waals surface area (Å²) < 4.78 is 0. The number of nitrogens with zero attached hydrogens (tertiary/aromatic N) is 4. The first-order valence-electron chi connectivity index (χ1n) is 10.7. The van der Waals surface area contributed by atoms with Crippen molar-refractivity contribution in [2.75, 3.05) is 0 Å². The monoisotopic (exact) mass is 449 g/mol. The molecule has 0 aliphatic heterocycles. The number of carbonyl (C=O) groups excluding carboxylic acids is 2. The molecule has 172 valence electrons. The number of carboxylic acids is 1. The third kappa shape index (κ3) is 5.88. The van der Waals surface area contributed by atoms with E-state index in [2.05, 4.69) is 20.6 Å². The van der Waals surface area contributed by atoms with Gasteiger partial charge in [-0.15, -0.1) is 5.10 Å². The van der Waals surface area contributed by atoms with E-state index in [4.69, 9.17) is 0 Å². The molecule has 1 unspecified atom stereocenters. The Morgan fingerprint density at radius 2 is 1.76 bits per heavy atom. The van der Waals surface area contributed by atoms with E-state index in [0.29, 0.717) is 5.82 Å². The SMILES string of the molecule is CC(=O)CCC(=O)N(Cc1ccc(-c2ccccc2)c(-c2nnn[nH]2)c1)C(C(=O)O)C(C)C. The Bertz CT molecular complexity index is 1110. The molecule has 9 nitrogen and oxygen atoms in total. The predicted octanol–water partition coefficient (Wildman–Crippen LogP) is 3.34. The normalized spacial score (nSPS) is 11.9. The molecule has 1 atom stereocenters. The van der Waals surface area contributed by atoms with Crippen LogP contribution in [-0.4, -0.2) is 54.3 Å². The standard InChI is InChI=1S/C24H27N5O4/c1-15(2)22(24(32)33)29(21(31)12-9-16(3)30)14-17-10-11-19(18-7-5-4-6-8-18)20(13-17)23-25-27-28-26-23/h4-8,10-11,13,15,22H,9,12,14H2,1-3H3,(H,32,33)(H,25,26,27,28). The van der Waals surface area contributed by atoms with E-state index in [0.717, 1.165) is 22.3 Å². The average molecular weight is 450 g/mol. The minimum absolute atomic E-state index is 0.0349. The highest BCUT2D eigenvalue weighted by atomic mass is 16.4. The van der Waals surface area contributed by atoms with Gasteiger partial charge in [0.15, 0.2) is 5.82 Å². The molecule has 1 heterocycles. The first-order chi connectivity index (χ1) is 15.8. The van der Waals surface area contributed by atoms with E-state index in [1.54, 1.807) is 13.8 Å². The molecule has 0 saturated heterocycles. The molecule has 1 amide bonds. The molecular formula is C24H27N5O4. The number of aromatic nitrogens is 4. The van der Waals surface area contributed by atoms with E-state index in [-0.39, 0.29) is 37.0 Å². The largest absolute Gasteiger partial charge is 0.480 e. The van der Waals surface area contributed by atoms with Gasteiger partial charge in [-0.25, -0.2) is 9.89 Å². The van der Waals surface area contributed by atoms with Crippen molar-refractivity contribution in [2.24, 2.45) is 5.92 Å². The number of carboxylic acid groups (broad SMARTS) is 1. The fourth-order valence-corrected chi connectivity index (χ4v) is 3.77. The zero-order chi connectivity index (χ0) is 24.0. The smallest absolute Gasteiger partial charge is 0.326 e. The first kappa shape index (κ1) is 23.8. The number of carbonyl (C=O) groups is 3. The quantitative estimate of drug-likeness (QED) is 0.485. The van der Waals surface area contributed by atoms with Crippen molar-refractivity contribution in [3.63, 3.8) is 0 Å². The van der Waals surface area contributed by atoms with Crippen LogP contribution in [0.3, 0.4) is 0 Å². The van der Waals surface area contributed by atoms with Crippen LogP contribution in [0.1, 0.15) is 39.2 Å². The number of H-pyrrole nitrogens is 1. The molecule has 3 aromatic rings. The molecule has 1 aromatic heterocycles. The highest BCUT2D eigenvalue weighted by Crippen LogP contribution is 2.31. The number of benzene rings is 2. The molecule has 33 heavy (non-hydrogen) atoms. The van der Waals surface area contributed by atoms with Gasteiger partial charge in [0.1, 0.15) is 11.8 Å². The van der Waals surface area contributed by atoms with E-state index in [1.807, 2.05) is 48.5 Å². The number of tetrazole rings is 1. The second-order valence-corrected chi connectivity index (χ2v) is 8.25. The minimum atomic E-state index is -1.08. The topological polar surface area (TPSA) is 129 Å². The number of amides is 1. The van der Waals surface area contributed by atoms with Gasteiger partial charge in [-0.05, 0) is 46.0 Å². The van der Waals surface area contributed by atoms with Crippen molar-refractivity contribution >= 4 is 17.7 Å². The highest BCUT2D eigenvalue weighted by molar-refractivity contribution is 5.87. The molecule has 0 fully saturated rings. The Balaban J connectivity index is 2.01. The second-order valence-electron chi connectivity index (χ2n) is 8.25. The molecule has 2 N–H and O–H groups in total. The van der Waals surface area contributed by atoms with Gasteiger partial charge < -0.3 is 14.8 Å². The number of nitrogens with one attached hydrogen (secondary N) is 1. The van der Waals surface area contributed by atoms with Gasteiger partial charge in [-0.1, -0.05) is 56.3 Å². The van der Waals surface area contributed by atoms with Crippen molar-refractivity contribution in [2.45, 2.75) is 46.2 Å². The minimum Gasteiger partial charge on any atom is -0.480 e. The van der Waals surface area contributed by atoms with Crippen LogP contribution in [-0.2, 0) is 20.9 Å². The summed E-state index contributed by atoms with van der Waals surface area (Å²) in [5.74, 6) is -1.43. The van der Waals surface area contributed by atoms with Crippen LogP contribution >= 0.6 is 0 Å². The summed E-state index contributed by atoms with van der Waals surface area (Å²) in [6, 6.07) is 14.3. The van der Waals surface area contributed by atoms with Crippen molar-refractivity contribution in [1.29, 1.82) is 0 Å². The first-order valence-corrected chi connectivity index (χ1v) is 10.7. The maximum atomic E-state index is 13.0. The predicted molar refractivity (Wildman–Crippen MR) is 122 cm³/mol. The lowest BCUT2D eigenvalue weighted by Gasteiger charge is -2.32. The fraction of sp³-hybridized carbons (Fsp3) is 0.333. The van der Waals surface area contributed by atoms with Gasteiger partial charge in [-0.2, -0.15) is 0 Å². The number of hydrogen-bond acceptors (Lipinski definition) is 6. The summed E-state index contributed by atoms with van der Waals surface area (Å²) >= 11 is 0. The van der Waals surface area contributed by atoms with Crippen LogP contribution in [0.5, 0.6) is 0 Å². The number of rotatable bonds is 10. The van der Waals surface area contributed by atoms with Crippen LogP contribution in [0.4, 0.5) is 0 Å². The van der Waals surface area contributed by atoms with Crippen LogP contribution < -0.4 is 0 Å². The Hall–Kier alpha value is -3.88. The average Bonchev–Trinajstić information content (AvgIpc) is 3.32.